The standard InChI is InChI=1S/C19H27NO2/c1-6-10-17(21)19-14(4)20(13(3)18(7-2)22-5)16-12-9-8-11-15(16)19/h8-9,11-13,18H,6-7,10H2,1-5H3. The molecule has 0 saturated heterocycles. The van der Waals surface area contributed by atoms with E-state index in [0.29, 0.717) is 6.42 Å². The maximum atomic E-state index is 12.6. The molecule has 1 aromatic carbocycles. The van der Waals surface area contributed by atoms with Crippen molar-refractivity contribution >= 4 is 16.7 Å². The van der Waals surface area contributed by atoms with Gasteiger partial charge in [0.05, 0.1) is 12.1 Å². The van der Waals surface area contributed by atoms with Crippen LogP contribution in [-0.4, -0.2) is 23.6 Å². The minimum absolute atomic E-state index is 0.142. The number of ether oxygens (including phenoxy) is 1. The fourth-order valence-electron chi connectivity index (χ4n) is 3.49. The van der Waals surface area contributed by atoms with Crippen molar-refractivity contribution < 1.29 is 9.53 Å². The molecule has 1 heterocycles. The van der Waals surface area contributed by atoms with E-state index in [2.05, 4.69) is 37.5 Å². The van der Waals surface area contributed by atoms with Crippen LogP contribution in [0.1, 0.15) is 62.1 Å². The molecule has 0 spiro atoms. The molecule has 2 rings (SSSR count). The van der Waals surface area contributed by atoms with Crippen LogP contribution in [0.15, 0.2) is 24.3 Å². The van der Waals surface area contributed by atoms with Gasteiger partial charge in [0.25, 0.3) is 0 Å². The fourth-order valence-corrected chi connectivity index (χ4v) is 3.49. The third kappa shape index (κ3) is 2.82. The Morgan fingerprint density at radius 1 is 1.27 bits per heavy atom. The van der Waals surface area contributed by atoms with Crippen molar-refractivity contribution in [2.75, 3.05) is 7.11 Å². The van der Waals surface area contributed by atoms with Gasteiger partial charge in [-0.25, -0.2) is 0 Å². The van der Waals surface area contributed by atoms with Crippen molar-refractivity contribution in [3.05, 3.63) is 35.5 Å². The van der Waals surface area contributed by atoms with E-state index >= 15 is 0 Å². The first-order valence-corrected chi connectivity index (χ1v) is 8.22. The number of Topliss-reactive ketones (excluding diaryl/α,β-unsaturated/α-hetero) is 1. The lowest BCUT2D eigenvalue weighted by molar-refractivity contribution is 0.0605. The summed E-state index contributed by atoms with van der Waals surface area (Å²) < 4.78 is 7.90. The molecule has 0 N–H and O–H groups in total. The summed E-state index contributed by atoms with van der Waals surface area (Å²) in [5.41, 5.74) is 3.07. The average molecular weight is 301 g/mol. The maximum Gasteiger partial charge on any atom is 0.165 e. The highest BCUT2D eigenvalue weighted by molar-refractivity contribution is 6.09. The molecule has 0 aliphatic heterocycles. The van der Waals surface area contributed by atoms with E-state index in [1.165, 1.54) is 0 Å². The van der Waals surface area contributed by atoms with Crippen LogP contribution in [0.3, 0.4) is 0 Å². The van der Waals surface area contributed by atoms with Crippen LogP contribution in [0.25, 0.3) is 10.9 Å². The smallest absolute Gasteiger partial charge is 0.165 e. The molecule has 0 saturated carbocycles. The van der Waals surface area contributed by atoms with E-state index in [9.17, 15) is 4.79 Å². The van der Waals surface area contributed by atoms with E-state index < -0.39 is 0 Å². The van der Waals surface area contributed by atoms with E-state index in [0.717, 1.165) is 35.0 Å². The highest BCUT2D eigenvalue weighted by Crippen LogP contribution is 2.32. The molecule has 2 unspecified atom stereocenters. The number of aromatic nitrogens is 1. The predicted molar refractivity (Wildman–Crippen MR) is 91.7 cm³/mol. The van der Waals surface area contributed by atoms with Crippen LogP contribution in [0, 0.1) is 6.92 Å². The third-order valence-electron chi connectivity index (χ3n) is 4.56. The lowest BCUT2D eigenvalue weighted by Crippen LogP contribution is -2.24. The van der Waals surface area contributed by atoms with Gasteiger partial charge < -0.3 is 9.30 Å². The number of carbonyl (C=O) groups is 1. The van der Waals surface area contributed by atoms with Crippen LogP contribution in [-0.2, 0) is 4.74 Å². The van der Waals surface area contributed by atoms with Gasteiger partial charge in [-0.3, -0.25) is 4.79 Å². The first-order chi connectivity index (χ1) is 10.6. The minimum Gasteiger partial charge on any atom is -0.379 e. The number of hydrogen-bond donors (Lipinski definition) is 0. The number of benzene rings is 1. The summed E-state index contributed by atoms with van der Waals surface area (Å²) in [6.45, 7) is 8.41. The summed E-state index contributed by atoms with van der Waals surface area (Å²) in [7, 11) is 1.76. The molecule has 2 atom stereocenters. The summed E-state index contributed by atoms with van der Waals surface area (Å²) in [5, 5.41) is 1.07. The van der Waals surface area contributed by atoms with Gasteiger partial charge in [0, 0.05) is 35.7 Å². The molecule has 0 amide bonds. The van der Waals surface area contributed by atoms with Gasteiger partial charge in [0.1, 0.15) is 0 Å². The number of hydrogen-bond acceptors (Lipinski definition) is 2. The Hall–Kier alpha value is -1.61. The van der Waals surface area contributed by atoms with E-state index in [1.807, 2.05) is 19.1 Å². The van der Waals surface area contributed by atoms with Crippen LogP contribution < -0.4 is 0 Å². The van der Waals surface area contributed by atoms with Gasteiger partial charge in [-0.2, -0.15) is 0 Å². The second-order valence-corrected chi connectivity index (χ2v) is 5.94. The summed E-state index contributed by atoms with van der Waals surface area (Å²) in [6, 6.07) is 8.40. The molecular formula is C19H27NO2. The third-order valence-corrected chi connectivity index (χ3v) is 4.56. The first-order valence-electron chi connectivity index (χ1n) is 8.22. The van der Waals surface area contributed by atoms with Gasteiger partial charge in [0.15, 0.2) is 5.78 Å². The molecule has 0 radical (unpaired) electrons. The average Bonchev–Trinajstić information content (AvgIpc) is 2.80. The molecular weight excluding hydrogens is 274 g/mol. The number of methoxy groups -OCH3 is 1. The fraction of sp³-hybridized carbons (Fsp3) is 0.526. The largest absolute Gasteiger partial charge is 0.379 e. The van der Waals surface area contributed by atoms with Crippen LogP contribution in [0.4, 0.5) is 0 Å². The second-order valence-electron chi connectivity index (χ2n) is 5.94. The Kier molecular flexibility index (Phi) is 5.41. The number of rotatable bonds is 7. The molecule has 0 aliphatic carbocycles. The lowest BCUT2D eigenvalue weighted by atomic mass is 10.0. The summed E-state index contributed by atoms with van der Waals surface area (Å²) in [4.78, 5) is 12.6. The first kappa shape index (κ1) is 16.8. The number of nitrogens with zero attached hydrogens (tertiary/aromatic N) is 1. The van der Waals surface area contributed by atoms with Crippen LogP contribution >= 0.6 is 0 Å². The molecule has 0 fully saturated rings. The molecule has 0 bridgehead atoms. The number of para-hydroxylation sites is 1. The van der Waals surface area contributed by atoms with Gasteiger partial charge in [-0.1, -0.05) is 32.0 Å². The van der Waals surface area contributed by atoms with Crippen molar-refractivity contribution in [3.8, 4) is 0 Å². The van der Waals surface area contributed by atoms with Gasteiger partial charge in [0.2, 0.25) is 0 Å². The molecule has 2 aromatic rings. The quantitative estimate of drug-likeness (QED) is 0.680. The van der Waals surface area contributed by atoms with Crippen molar-refractivity contribution in [3.63, 3.8) is 0 Å². The summed E-state index contributed by atoms with van der Waals surface area (Å²) in [6.07, 6.45) is 2.57. The highest BCUT2D eigenvalue weighted by atomic mass is 16.5. The Bertz CT molecular complexity index is 653. The zero-order valence-corrected chi connectivity index (χ0v) is 14.3. The SMILES string of the molecule is CCCC(=O)c1c(C)n(C(C)C(CC)OC)c2ccccc12. The summed E-state index contributed by atoms with van der Waals surface area (Å²) in [5.74, 6) is 0.243. The zero-order valence-electron chi connectivity index (χ0n) is 14.3. The van der Waals surface area contributed by atoms with Crippen molar-refractivity contribution in [2.45, 2.75) is 59.1 Å². The van der Waals surface area contributed by atoms with Crippen molar-refractivity contribution in [1.82, 2.24) is 4.57 Å². The molecule has 120 valence electrons. The Balaban J connectivity index is 2.65. The number of carbonyl (C=O) groups excluding carboxylic acids is 1. The molecule has 3 heteroatoms. The van der Waals surface area contributed by atoms with Gasteiger partial charge >= 0.3 is 0 Å². The van der Waals surface area contributed by atoms with Gasteiger partial charge in [-0.15, -0.1) is 0 Å². The van der Waals surface area contributed by atoms with Crippen LogP contribution in [0.2, 0.25) is 0 Å². The Morgan fingerprint density at radius 3 is 2.55 bits per heavy atom. The van der Waals surface area contributed by atoms with E-state index in [-0.39, 0.29) is 17.9 Å². The highest BCUT2D eigenvalue weighted by Gasteiger charge is 2.25. The Labute approximate surface area is 133 Å². The van der Waals surface area contributed by atoms with Crippen LogP contribution in [0.5, 0.6) is 0 Å². The van der Waals surface area contributed by atoms with E-state index in [1.54, 1.807) is 7.11 Å². The minimum atomic E-state index is 0.142. The molecule has 0 aliphatic rings. The monoisotopic (exact) mass is 301 g/mol. The molecule has 1 aromatic heterocycles. The molecule has 22 heavy (non-hydrogen) atoms. The lowest BCUT2D eigenvalue weighted by Gasteiger charge is -2.25. The normalized spacial score (nSPS) is 14.2. The zero-order chi connectivity index (χ0) is 16.3. The molecule has 3 nitrogen and oxygen atoms in total. The Morgan fingerprint density at radius 2 is 1.95 bits per heavy atom. The maximum absolute atomic E-state index is 12.6. The summed E-state index contributed by atoms with van der Waals surface area (Å²) >= 11 is 0. The number of fused-ring (bicyclic) bond motifs is 1. The second kappa shape index (κ2) is 7.10. The predicted octanol–water partition coefficient (Wildman–Crippen LogP) is 4.92. The van der Waals surface area contributed by atoms with Crippen molar-refractivity contribution in [2.24, 2.45) is 0 Å². The van der Waals surface area contributed by atoms with Crippen molar-refractivity contribution in [1.29, 1.82) is 0 Å². The van der Waals surface area contributed by atoms with Gasteiger partial charge in [-0.05, 0) is 32.8 Å². The topological polar surface area (TPSA) is 31.2 Å². The number of ketones is 1. The van der Waals surface area contributed by atoms with E-state index in [4.69, 9.17) is 4.74 Å².